The highest BCUT2D eigenvalue weighted by Crippen LogP contribution is 2.28. The van der Waals surface area contributed by atoms with Crippen LogP contribution in [0, 0.1) is 0 Å². The fourth-order valence-electron chi connectivity index (χ4n) is 3.08. The second kappa shape index (κ2) is 10.3. The number of carbonyl (C=O) groups excluding carboxylic acids is 2. The van der Waals surface area contributed by atoms with Crippen molar-refractivity contribution in [2.24, 2.45) is 0 Å². The lowest BCUT2D eigenvalue weighted by molar-refractivity contribution is -0.122. The van der Waals surface area contributed by atoms with Crippen molar-refractivity contribution in [2.45, 2.75) is 26.3 Å². The van der Waals surface area contributed by atoms with Gasteiger partial charge in [-0.05, 0) is 36.8 Å². The molecule has 0 saturated carbocycles. The Bertz CT molecular complexity index is 1250. The Morgan fingerprint density at radius 3 is 2.59 bits per heavy atom. The third kappa shape index (κ3) is 5.15. The van der Waals surface area contributed by atoms with Crippen LogP contribution in [0.25, 0.3) is 10.9 Å². The van der Waals surface area contributed by atoms with Crippen LogP contribution >= 0.6 is 0 Å². The Kier molecular flexibility index (Phi) is 7.27. The molecule has 2 amide bonds. The number of nitrogens with one attached hydrogen (secondary N) is 3. The van der Waals surface area contributed by atoms with Crippen molar-refractivity contribution in [3.63, 3.8) is 0 Å². The number of hydrazine groups is 1. The van der Waals surface area contributed by atoms with Crippen LogP contribution in [0.4, 0.5) is 0 Å². The van der Waals surface area contributed by atoms with Crippen molar-refractivity contribution in [1.29, 1.82) is 0 Å². The number of carbonyl (C=O) groups is 2. The number of fused-ring (bicyclic) bond motifs is 1. The number of aryl methyl sites for hydroxylation is 1. The maximum Gasteiger partial charge on any atom is 0.328 e. The standard InChI is InChI=1S/C22H24N4O6/c1-3-12-32-17-9-8-14(13-18(17)31-2)20(28)25-24-19(27)10-11-26-16-7-5-4-6-15(16)21(29)23-22(26)30/h4-9,13H,3,10-12H2,1-2H3,(H,24,27)(H,25,28)(H,23,29,30). The first-order valence-electron chi connectivity index (χ1n) is 10.1. The molecule has 168 valence electrons. The minimum atomic E-state index is -0.608. The van der Waals surface area contributed by atoms with Gasteiger partial charge in [-0.2, -0.15) is 0 Å². The number of para-hydroxylation sites is 1. The summed E-state index contributed by atoms with van der Waals surface area (Å²) in [4.78, 5) is 50.9. The highest BCUT2D eigenvalue weighted by Gasteiger charge is 2.13. The van der Waals surface area contributed by atoms with Crippen molar-refractivity contribution in [3.05, 3.63) is 68.9 Å². The summed E-state index contributed by atoms with van der Waals surface area (Å²) < 4.78 is 12.1. The van der Waals surface area contributed by atoms with Crippen LogP contribution in [-0.4, -0.2) is 35.1 Å². The minimum Gasteiger partial charge on any atom is -0.493 e. The van der Waals surface area contributed by atoms with Crippen molar-refractivity contribution in [2.75, 3.05) is 13.7 Å². The average molecular weight is 440 g/mol. The van der Waals surface area contributed by atoms with Gasteiger partial charge in [0.05, 0.1) is 24.6 Å². The van der Waals surface area contributed by atoms with E-state index in [1.807, 2.05) is 6.92 Å². The summed E-state index contributed by atoms with van der Waals surface area (Å²) in [6.07, 6.45) is 0.738. The van der Waals surface area contributed by atoms with E-state index in [9.17, 15) is 19.2 Å². The predicted molar refractivity (Wildman–Crippen MR) is 118 cm³/mol. The molecule has 1 aromatic heterocycles. The first kappa shape index (κ1) is 22.6. The number of ether oxygens (including phenoxy) is 2. The summed E-state index contributed by atoms with van der Waals surface area (Å²) in [7, 11) is 1.47. The third-order valence-corrected chi connectivity index (χ3v) is 4.67. The number of benzene rings is 2. The van der Waals surface area contributed by atoms with E-state index in [1.165, 1.54) is 17.7 Å². The molecule has 2 aromatic carbocycles. The fraction of sp³-hybridized carbons (Fsp3) is 0.273. The van der Waals surface area contributed by atoms with Gasteiger partial charge in [-0.3, -0.25) is 34.8 Å². The van der Waals surface area contributed by atoms with Crippen LogP contribution in [-0.2, 0) is 11.3 Å². The maximum absolute atomic E-state index is 12.4. The van der Waals surface area contributed by atoms with Crippen molar-refractivity contribution < 1.29 is 19.1 Å². The summed E-state index contributed by atoms with van der Waals surface area (Å²) in [5, 5.41) is 0.348. The van der Waals surface area contributed by atoms with E-state index in [1.54, 1.807) is 36.4 Å². The largest absolute Gasteiger partial charge is 0.493 e. The van der Waals surface area contributed by atoms with Crippen LogP contribution < -0.4 is 31.6 Å². The molecule has 1 heterocycles. The van der Waals surface area contributed by atoms with Crippen molar-refractivity contribution in [3.8, 4) is 11.5 Å². The number of aromatic amines is 1. The molecule has 10 heteroatoms. The SMILES string of the molecule is CCCOc1ccc(C(=O)NNC(=O)CCn2c(=O)[nH]c(=O)c3ccccc32)cc1OC. The lowest BCUT2D eigenvalue weighted by Crippen LogP contribution is -2.42. The number of hydrogen-bond acceptors (Lipinski definition) is 6. The van der Waals surface area contributed by atoms with Crippen LogP contribution in [0.1, 0.15) is 30.1 Å². The smallest absolute Gasteiger partial charge is 0.328 e. The number of rotatable bonds is 8. The van der Waals surface area contributed by atoms with E-state index in [-0.39, 0.29) is 18.5 Å². The van der Waals surface area contributed by atoms with E-state index < -0.39 is 23.1 Å². The van der Waals surface area contributed by atoms with E-state index in [4.69, 9.17) is 9.47 Å². The zero-order valence-electron chi connectivity index (χ0n) is 17.8. The first-order chi connectivity index (χ1) is 15.4. The fourth-order valence-corrected chi connectivity index (χ4v) is 3.08. The normalized spacial score (nSPS) is 10.6. The molecule has 0 atom stereocenters. The van der Waals surface area contributed by atoms with Gasteiger partial charge in [0, 0.05) is 18.5 Å². The molecule has 0 aliphatic heterocycles. The van der Waals surface area contributed by atoms with Gasteiger partial charge in [-0.15, -0.1) is 0 Å². The molecule has 3 rings (SSSR count). The number of amides is 2. The highest BCUT2D eigenvalue weighted by atomic mass is 16.5. The summed E-state index contributed by atoms with van der Waals surface area (Å²) in [5.41, 5.74) is 4.25. The van der Waals surface area contributed by atoms with Gasteiger partial charge >= 0.3 is 5.69 Å². The lowest BCUT2D eigenvalue weighted by Gasteiger charge is -2.12. The van der Waals surface area contributed by atoms with E-state index in [2.05, 4.69) is 15.8 Å². The molecule has 0 fully saturated rings. The number of H-pyrrole nitrogens is 1. The lowest BCUT2D eigenvalue weighted by atomic mass is 10.2. The van der Waals surface area contributed by atoms with Crippen LogP contribution in [0.5, 0.6) is 11.5 Å². The Morgan fingerprint density at radius 1 is 1.06 bits per heavy atom. The van der Waals surface area contributed by atoms with E-state index >= 15 is 0 Å². The first-order valence-corrected chi connectivity index (χ1v) is 10.1. The van der Waals surface area contributed by atoms with Crippen molar-refractivity contribution in [1.82, 2.24) is 20.4 Å². The minimum absolute atomic E-state index is 0.0229. The van der Waals surface area contributed by atoms with Crippen LogP contribution in [0.2, 0.25) is 0 Å². The van der Waals surface area contributed by atoms with E-state index in [0.29, 0.717) is 29.0 Å². The molecule has 0 aliphatic rings. The summed E-state index contributed by atoms with van der Waals surface area (Å²) in [5.74, 6) is -0.115. The number of aromatic nitrogens is 2. The molecule has 10 nitrogen and oxygen atoms in total. The van der Waals surface area contributed by atoms with Crippen LogP contribution in [0.3, 0.4) is 0 Å². The Labute approximate surface area is 183 Å². The molecule has 0 spiro atoms. The Hall–Kier alpha value is -4.08. The quantitative estimate of drug-likeness (QED) is 0.453. The summed E-state index contributed by atoms with van der Waals surface area (Å²) >= 11 is 0. The monoisotopic (exact) mass is 440 g/mol. The molecule has 0 aliphatic carbocycles. The predicted octanol–water partition coefficient (Wildman–Crippen LogP) is 1.34. The molecule has 0 unspecified atom stereocenters. The zero-order chi connectivity index (χ0) is 23.1. The molecule has 3 aromatic rings. The summed E-state index contributed by atoms with van der Waals surface area (Å²) in [6.45, 7) is 2.52. The molecule has 0 bridgehead atoms. The second-order valence-corrected chi connectivity index (χ2v) is 6.89. The van der Waals surface area contributed by atoms with Gasteiger partial charge < -0.3 is 9.47 Å². The number of methoxy groups -OCH3 is 1. The average Bonchev–Trinajstić information content (AvgIpc) is 2.80. The Morgan fingerprint density at radius 2 is 1.84 bits per heavy atom. The van der Waals surface area contributed by atoms with E-state index in [0.717, 1.165) is 6.42 Å². The van der Waals surface area contributed by atoms with Crippen molar-refractivity contribution >= 4 is 22.7 Å². The molecular formula is C22H24N4O6. The molecule has 32 heavy (non-hydrogen) atoms. The van der Waals surface area contributed by atoms with Gasteiger partial charge in [0.2, 0.25) is 5.91 Å². The molecule has 0 saturated heterocycles. The second-order valence-electron chi connectivity index (χ2n) is 6.89. The summed E-state index contributed by atoms with van der Waals surface area (Å²) in [6, 6.07) is 11.3. The number of nitrogens with zero attached hydrogens (tertiary/aromatic N) is 1. The maximum atomic E-state index is 12.4. The number of hydrogen-bond donors (Lipinski definition) is 3. The van der Waals surface area contributed by atoms with Gasteiger partial charge in [0.15, 0.2) is 11.5 Å². The molecule has 0 radical (unpaired) electrons. The third-order valence-electron chi connectivity index (χ3n) is 4.67. The molecular weight excluding hydrogens is 416 g/mol. The zero-order valence-corrected chi connectivity index (χ0v) is 17.8. The van der Waals surface area contributed by atoms with Gasteiger partial charge in [-0.25, -0.2) is 4.79 Å². The van der Waals surface area contributed by atoms with Gasteiger partial charge in [0.1, 0.15) is 0 Å². The highest BCUT2D eigenvalue weighted by molar-refractivity contribution is 5.96. The topological polar surface area (TPSA) is 132 Å². The van der Waals surface area contributed by atoms with Gasteiger partial charge in [-0.1, -0.05) is 19.1 Å². The molecule has 3 N–H and O–H groups in total. The van der Waals surface area contributed by atoms with Crippen LogP contribution in [0.15, 0.2) is 52.1 Å². The Balaban J connectivity index is 1.61. The van der Waals surface area contributed by atoms with Gasteiger partial charge in [0.25, 0.3) is 11.5 Å².